The van der Waals surface area contributed by atoms with E-state index in [2.05, 4.69) is 33.4 Å². The van der Waals surface area contributed by atoms with Crippen molar-refractivity contribution < 1.29 is 0 Å². The Bertz CT molecular complexity index is 39.7. The topological polar surface area (TPSA) is 0 Å². The molecule has 0 radical (unpaired) electrons. The van der Waals surface area contributed by atoms with E-state index >= 15 is 0 Å². The molecule has 0 heterocycles. The first-order chi connectivity index (χ1) is 3.13. The van der Waals surface area contributed by atoms with Crippen LogP contribution in [0.25, 0.3) is 0 Å². The quantitative estimate of drug-likeness (QED) is 0.365. The number of hydrogen-bond donors (Lipinski definition) is 1. The molecule has 0 aliphatic rings. The maximum atomic E-state index is 4.20. The molecule has 0 spiro atoms. The number of thioether (sulfide) groups is 1. The van der Waals surface area contributed by atoms with Gasteiger partial charge in [-0.05, 0) is 6.92 Å². The van der Waals surface area contributed by atoms with E-state index in [9.17, 15) is 0 Å². The number of hydrogen-bond acceptors (Lipinski definition) is 2. The summed E-state index contributed by atoms with van der Waals surface area (Å²) in [6, 6.07) is 0. The monoisotopic (exact) mass is 160 g/mol. The second-order valence-electron chi connectivity index (χ2n) is 1.78. The molecule has 0 fully saturated rings. The molecule has 0 aliphatic heterocycles. The van der Waals surface area contributed by atoms with Gasteiger partial charge in [-0.2, -0.15) is 12.6 Å². The van der Waals surface area contributed by atoms with Crippen LogP contribution in [0.4, 0.5) is 0 Å². The third-order valence-corrected chi connectivity index (χ3v) is 1.77. The fourth-order valence-electron chi connectivity index (χ4n) is 0.394. The van der Waals surface area contributed by atoms with E-state index in [0.29, 0.717) is 9.83 Å². The van der Waals surface area contributed by atoms with E-state index in [1.165, 1.54) is 0 Å². The molecule has 0 aliphatic carbocycles. The molecule has 46 valence electrons. The van der Waals surface area contributed by atoms with Crippen LogP contribution in [-0.2, 0) is 0 Å². The zero-order valence-corrected chi connectivity index (χ0v) is 6.72. The van der Waals surface area contributed by atoms with Crippen molar-refractivity contribution in [3.05, 3.63) is 0 Å². The van der Waals surface area contributed by atoms with Crippen LogP contribution in [0.15, 0.2) is 0 Å². The zero-order valence-electron chi connectivity index (χ0n) is 5.01. The fraction of sp³-hybridized carbons (Fsp3) is 1.00. The van der Waals surface area contributed by atoms with Crippen LogP contribution >= 0.6 is 24.4 Å². The van der Waals surface area contributed by atoms with Crippen molar-refractivity contribution in [2.75, 3.05) is 0 Å². The molecule has 0 saturated carbocycles. The summed E-state index contributed by atoms with van der Waals surface area (Å²) in [5.41, 5.74) is 0. The second kappa shape index (κ2) is 6.81. The molecule has 1 atom stereocenters. The van der Waals surface area contributed by atoms with Crippen LogP contribution in [0.5, 0.6) is 0 Å². The van der Waals surface area contributed by atoms with Crippen LogP contribution < -0.4 is 0 Å². The molecule has 0 aromatic heterocycles. The molecule has 0 nitrogen and oxygen atoms in total. The minimum atomic E-state index is 0. The molecule has 0 bridgehead atoms. The molecule has 0 saturated heterocycles. The van der Waals surface area contributed by atoms with Gasteiger partial charge in [0.25, 0.3) is 0 Å². The van der Waals surface area contributed by atoms with Gasteiger partial charge in [0.2, 0.25) is 0 Å². The van der Waals surface area contributed by atoms with E-state index in [1.807, 2.05) is 11.8 Å². The summed E-state index contributed by atoms with van der Waals surface area (Å²) in [6.45, 7) is 6.45. The van der Waals surface area contributed by atoms with E-state index in [-0.39, 0.29) is 29.6 Å². The molecule has 1 unspecified atom stereocenters. The molecule has 0 amide bonds. The molecule has 0 aromatic carbocycles. The van der Waals surface area contributed by atoms with Gasteiger partial charge in [0, 0.05) is 9.83 Å². The molecular formula is C5H13NaS2. The molecule has 8 heavy (non-hydrogen) atoms. The Labute approximate surface area is 83.9 Å². The predicted molar refractivity (Wildman–Crippen MR) is 48.3 cm³/mol. The van der Waals surface area contributed by atoms with Gasteiger partial charge in [-0.25, -0.2) is 0 Å². The summed E-state index contributed by atoms with van der Waals surface area (Å²) in [6.07, 6.45) is 0. The fourth-order valence-corrected chi connectivity index (χ4v) is 1.91. The van der Waals surface area contributed by atoms with Crippen molar-refractivity contribution in [2.45, 2.75) is 30.6 Å². The van der Waals surface area contributed by atoms with E-state index in [4.69, 9.17) is 0 Å². The van der Waals surface area contributed by atoms with Gasteiger partial charge in [0.15, 0.2) is 0 Å². The van der Waals surface area contributed by atoms with Gasteiger partial charge < -0.3 is 0 Å². The number of thiol groups is 1. The zero-order chi connectivity index (χ0) is 5.86. The third-order valence-electron chi connectivity index (χ3n) is 0.469. The number of rotatable bonds is 2. The maximum absolute atomic E-state index is 4.20. The van der Waals surface area contributed by atoms with Crippen molar-refractivity contribution >= 4 is 53.9 Å². The van der Waals surface area contributed by atoms with Gasteiger partial charge >= 0.3 is 29.6 Å². The van der Waals surface area contributed by atoms with E-state index in [1.54, 1.807) is 0 Å². The average molecular weight is 160 g/mol. The molecule has 0 rings (SSSR count). The van der Waals surface area contributed by atoms with Gasteiger partial charge in [0.1, 0.15) is 0 Å². The van der Waals surface area contributed by atoms with Crippen molar-refractivity contribution in [1.29, 1.82) is 0 Å². The van der Waals surface area contributed by atoms with Crippen LogP contribution in [0.1, 0.15) is 20.8 Å². The first kappa shape index (κ1) is 12.4. The van der Waals surface area contributed by atoms with Crippen LogP contribution in [0.2, 0.25) is 0 Å². The van der Waals surface area contributed by atoms with Gasteiger partial charge in [-0.1, -0.05) is 13.8 Å². The Morgan fingerprint density at radius 1 is 1.25 bits per heavy atom. The van der Waals surface area contributed by atoms with Crippen molar-refractivity contribution in [1.82, 2.24) is 0 Å². The first-order valence-electron chi connectivity index (χ1n) is 2.46. The summed E-state index contributed by atoms with van der Waals surface area (Å²) in [5, 5.41) is 0.715. The standard InChI is InChI=1S/C5H12S2.Na.H/c1-4(2)7-5(3)6;;/h4-6H,1-3H3;;. The van der Waals surface area contributed by atoms with E-state index in [0.717, 1.165) is 0 Å². The summed E-state index contributed by atoms with van der Waals surface area (Å²) in [5.74, 6) is 0. The molecular weight excluding hydrogens is 147 g/mol. The third kappa shape index (κ3) is 10.6. The second-order valence-corrected chi connectivity index (χ2v) is 4.83. The van der Waals surface area contributed by atoms with Crippen molar-refractivity contribution in [3.8, 4) is 0 Å². The summed E-state index contributed by atoms with van der Waals surface area (Å²) >= 11 is 6.07. The average Bonchev–Trinajstić information content (AvgIpc) is 1.27. The molecule has 0 N–H and O–H groups in total. The minimum absolute atomic E-state index is 0. The SMILES string of the molecule is CC(C)SC(C)S.[NaH]. The van der Waals surface area contributed by atoms with Crippen molar-refractivity contribution in [2.24, 2.45) is 0 Å². The van der Waals surface area contributed by atoms with Gasteiger partial charge in [0.05, 0.1) is 0 Å². The van der Waals surface area contributed by atoms with E-state index < -0.39 is 0 Å². The summed E-state index contributed by atoms with van der Waals surface area (Å²) in [7, 11) is 0. The van der Waals surface area contributed by atoms with Gasteiger partial charge in [-0.3, -0.25) is 0 Å². The Balaban J connectivity index is 0. The van der Waals surface area contributed by atoms with Crippen LogP contribution in [0, 0.1) is 0 Å². The van der Waals surface area contributed by atoms with Crippen LogP contribution in [0.3, 0.4) is 0 Å². The Morgan fingerprint density at radius 2 is 1.62 bits per heavy atom. The Hall–Kier alpha value is 1.70. The summed E-state index contributed by atoms with van der Waals surface area (Å²) < 4.78 is 0.486. The first-order valence-corrected chi connectivity index (χ1v) is 3.92. The van der Waals surface area contributed by atoms with Crippen molar-refractivity contribution in [3.63, 3.8) is 0 Å². The summed E-state index contributed by atoms with van der Waals surface area (Å²) in [4.78, 5) is 0. The predicted octanol–water partition coefficient (Wildman–Crippen LogP) is 1.76. The Kier molecular flexibility index (Phi) is 10.5. The van der Waals surface area contributed by atoms with Gasteiger partial charge in [-0.15, -0.1) is 11.8 Å². The normalized spacial score (nSPS) is 13.1. The Morgan fingerprint density at radius 3 is 1.62 bits per heavy atom. The van der Waals surface area contributed by atoms with Crippen LogP contribution in [-0.4, -0.2) is 39.4 Å². The molecule has 3 heteroatoms. The molecule has 0 aromatic rings.